The zero-order valence-corrected chi connectivity index (χ0v) is 36.7. The fourth-order valence-corrected chi connectivity index (χ4v) is 9.05. The van der Waals surface area contributed by atoms with Crippen molar-refractivity contribution >= 4 is 31.9 Å². The number of nitrogens with zero attached hydrogens (tertiary/aromatic N) is 4. The fourth-order valence-electron chi connectivity index (χ4n) is 8.26. The molecule has 0 aliphatic carbocycles. The number of rotatable bonds is 20. The van der Waals surface area contributed by atoms with E-state index in [-0.39, 0.29) is 0 Å². The molecule has 54 heavy (non-hydrogen) atoms. The average molecular weight is 861 g/mol. The Morgan fingerprint density at radius 3 is 1.17 bits per heavy atom. The SMILES string of the molecule is BrCCCCc1ccc(CCCCBr)cc1.CN1CCCC1c1ccc[n+](CCCCc2ccc(CCCC[n+]3cccc([C@H]4CCCN4C)c3)cc2)c1. The Kier molecular flexibility index (Phi) is 19.2. The number of halogens is 2. The normalized spacial score (nSPS) is 17.5. The maximum absolute atomic E-state index is 3.47. The Morgan fingerprint density at radius 1 is 0.500 bits per heavy atom. The molecule has 0 radical (unpaired) electrons. The highest BCUT2D eigenvalue weighted by molar-refractivity contribution is 9.09. The van der Waals surface area contributed by atoms with Crippen molar-refractivity contribution in [1.29, 1.82) is 0 Å². The second kappa shape index (κ2) is 24.3. The number of hydrogen-bond donors (Lipinski definition) is 0. The number of pyridine rings is 2. The van der Waals surface area contributed by atoms with Gasteiger partial charge in [0.05, 0.1) is 0 Å². The molecule has 6 rings (SSSR count). The van der Waals surface area contributed by atoms with E-state index < -0.39 is 0 Å². The molecule has 2 saturated heterocycles. The largest absolute Gasteiger partial charge is 0.299 e. The average Bonchev–Trinajstić information content (AvgIpc) is 3.84. The van der Waals surface area contributed by atoms with Crippen molar-refractivity contribution in [2.24, 2.45) is 0 Å². The van der Waals surface area contributed by atoms with Crippen molar-refractivity contribution in [3.05, 3.63) is 131 Å². The first-order chi connectivity index (χ1) is 26.5. The summed E-state index contributed by atoms with van der Waals surface area (Å²) in [5.74, 6) is 0. The van der Waals surface area contributed by atoms with Crippen LogP contribution in [0.25, 0.3) is 0 Å². The Labute approximate surface area is 345 Å². The molecule has 2 aliphatic rings. The standard InChI is InChI=1S/C34H48N4.C14H20Br2/c1-35-21-9-15-33(35)31-13-7-25-37(27-31)23-5-3-11-29-17-19-30(20-18-29)12-4-6-24-38-26-8-14-32(28-38)34-16-10-22-36(34)2;15-11-3-1-5-13-7-9-14(10-8-13)6-2-4-12-16/h7-8,13-14,17-20,25-28,33-34H,3-6,9-12,15-16,21-24H2,1-2H3;7-10H,1-6,11-12H2/q+2;/t33-,34?;/m1./s1. The number of unbranched alkanes of at least 4 members (excludes halogenated alkanes) is 4. The van der Waals surface area contributed by atoms with Crippen LogP contribution in [0.5, 0.6) is 0 Å². The third-order valence-electron chi connectivity index (χ3n) is 11.6. The lowest BCUT2D eigenvalue weighted by Crippen LogP contribution is -2.34. The number of benzene rings is 2. The molecule has 6 heteroatoms. The van der Waals surface area contributed by atoms with Gasteiger partial charge in [0.25, 0.3) is 0 Å². The Hall–Kier alpha value is -2.38. The molecule has 292 valence electrons. The molecule has 4 aromatic rings. The van der Waals surface area contributed by atoms with Gasteiger partial charge in [-0.2, -0.15) is 0 Å². The zero-order chi connectivity index (χ0) is 37.8. The number of aromatic nitrogens is 2. The highest BCUT2D eigenvalue weighted by atomic mass is 79.9. The van der Waals surface area contributed by atoms with Crippen molar-refractivity contribution in [1.82, 2.24) is 9.80 Å². The monoisotopic (exact) mass is 858 g/mol. The van der Waals surface area contributed by atoms with E-state index in [1.54, 1.807) is 0 Å². The molecule has 2 atom stereocenters. The van der Waals surface area contributed by atoms with Crippen molar-refractivity contribution in [3.8, 4) is 0 Å². The van der Waals surface area contributed by atoms with Gasteiger partial charge < -0.3 is 0 Å². The second-order valence-electron chi connectivity index (χ2n) is 15.9. The molecule has 2 aromatic heterocycles. The summed E-state index contributed by atoms with van der Waals surface area (Å²) in [6.45, 7) is 4.68. The third-order valence-corrected chi connectivity index (χ3v) is 12.7. The molecule has 4 heterocycles. The van der Waals surface area contributed by atoms with Crippen LogP contribution >= 0.6 is 31.9 Å². The minimum absolute atomic E-state index is 0.606. The quantitative estimate of drug-likeness (QED) is 0.0499. The Balaban J connectivity index is 0.000000294. The van der Waals surface area contributed by atoms with Crippen LogP contribution in [0, 0.1) is 0 Å². The van der Waals surface area contributed by atoms with E-state index in [2.05, 4.69) is 162 Å². The summed E-state index contributed by atoms with van der Waals surface area (Å²) in [5.41, 5.74) is 8.86. The molecule has 0 spiro atoms. The molecule has 0 saturated carbocycles. The summed E-state index contributed by atoms with van der Waals surface area (Å²) < 4.78 is 4.79. The minimum atomic E-state index is 0.606. The molecule has 2 aromatic carbocycles. The van der Waals surface area contributed by atoms with Gasteiger partial charge >= 0.3 is 0 Å². The molecule has 0 N–H and O–H groups in total. The van der Waals surface area contributed by atoms with Crippen LogP contribution in [0.2, 0.25) is 0 Å². The van der Waals surface area contributed by atoms with Crippen LogP contribution in [0.3, 0.4) is 0 Å². The van der Waals surface area contributed by atoms with Crippen LogP contribution in [0.4, 0.5) is 0 Å². The Bertz CT molecular complexity index is 1490. The van der Waals surface area contributed by atoms with Crippen LogP contribution in [-0.2, 0) is 38.8 Å². The van der Waals surface area contributed by atoms with Crippen molar-refractivity contribution < 1.29 is 9.13 Å². The number of aryl methyl sites for hydroxylation is 6. The summed E-state index contributed by atoms with van der Waals surface area (Å²) in [4.78, 5) is 4.99. The highest BCUT2D eigenvalue weighted by Gasteiger charge is 2.25. The maximum atomic E-state index is 3.47. The first kappa shape index (κ1) is 42.8. The van der Waals surface area contributed by atoms with Crippen molar-refractivity contribution in [3.63, 3.8) is 0 Å². The third kappa shape index (κ3) is 14.6. The van der Waals surface area contributed by atoms with E-state index in [0.29, 0.717) is 12.1 Å². The molecule has 2 aliphatic heterocycles. The number of hydrogen-bond acceptors (Lipinski definition) is 2. The molecule has 1 unspecified atom stereocenters. The summed E-state index contributed by atoms with van der Waals surface area (Å²) in [6.07, 6.45) is 29.3. The zero-order valence-electron chi connectivity index (χ0n) is 33.5. The molecular weight excluding hydrogens is 792 g/mol. The molecular formula is C48H68Br2N4+2. The van der Waals surface area contributed by atoms with Gasteiger partial charge in [-0.05, 0) is 151 Å². The smallest absolute Gasteiger partial charge is 0.173 e. The van der Waals surface area contributed by atoms with Gasteiger partial charge in [-0.25, -0.2) is 9.13 Å². The Morgan fingerprint density at radius 2 is 0.852 bits per heavy atom. The van der Waals surface area contributed by atoms with E-state index >= 15 is 0 Å². The molecule has 2 fully saturated rings. The van der Waals surface area contributed by atoms with Gasteiger partial charge in [0.1, 0.15) is 13.1 Å². The van der Waals surface area contributed by atoms with Crippen LogP contribution in [0.15, 0.2) is 97.6 Å². The fraction of sp³-hybridized carbons (Fsp3) is 0.542. The van der Waals surface area contributed by atoms with Gasteiger partial charge in [0, 0.05) is 58.8 Å². The van der Waals surface area contributed by atoms with Gasteiger partial charge in [-0.15, -0.1) is 0 Å². The van der Waals surface area contributed by atoms with Gasteiger partial charge in [0.2, 0.25) is 0 Å². The summed E-state index contributed by atoms with van der Waals surface area (Å²) in [7, 11) is 4.52. The van der Waals surface area contributed by atoms with Crippen LogP contribution < -0.4 is 9.13 Å². The predicted molar refractivity (Wildman–Crippen MR) is 235 cm³/mol. The minimum Gasteiger partial charge on any atom is -0.299 e. The summed E-state index contributed by atoms with van der Waals surface area (Å²) >= 11 is 6.93. The van der Waals surface area contributed by atoms with E-state index in [1.807, 2.05) is 0 Å². The maximum Gasteiger partial charge on any atom is 0.173 e. The van der Waals surface area contributed by atoms with Crippen molar-refractivity contribution in [2.75, 3.05) is 37.8 Å². The van der Waals surface area contributed by atoms with E-state index in [0.717, 1.165) is 23.7 Å². The van der Waals surface area contributed by atoms with Crippen molar-refractivity contribution in [2.45, 2.75) is 128 Å². The number of likely N-dealkylation sites (tertiary alicyclic amines) is 2. The summed E-state index contributed by atoms with van der Waals surface area (Å²) in [5, 5.41) is 2.25. The topological polar surface area (TPSA) is 14.2 Å². The van der Waals surface area contributed by atoms with E-state index in [9.17, 15) is 0 Å². The van der Waals surface area contributed by atoms with Gasteiger partial charge in [-0.3, -0.25) is 9.80 Å². The number of alkyl halides is 2. The van der Waals surface area contributed by atoms with Gasteiger partial charge in [0.15, 0.2) is 24.8 Å². The molecule has 4 nitrogen and oxygen atoms in total. The first-order valence-electron chi connectivity index (χ1n) is 21.2. The first-order valence-corrected chi connectivity index (χ1v) is 23.4. The second-order valence-corrected chi connectivity index (χ2v) is 17.5. The summed E-state index contributed by atoms with van der Waals surface area (Å²) in [6, 6.07) is 28.9. The lowest BCUT2D eigenvalue weighted by molar-refractivity contribution is -0.698. The lowest BCUT2D eigenvalue weighted by atomic mass is 10.0. The molecule has 0 bridgehead atoms. The van der Waals surface area contributed by atoms with E-state index in [1.165, 1.54) is 149 Å². The molecule has 0 amide bonds. The van der Waals surface area contributed by atoms with Crippen LogP contribution in [-0.4, -0.2) is 47.6 Å². The van der Waals surface area contributed by atoms with Crippen LogP contribution in [0.1, 0.15) is 123 Å². The predicted octanol–water partition coefficient (Wildman–Crippen LogP) is 11.0. The van der Waals surface area contributed by atoms with Gasteiger partial charge in [-0.1, -0.05) is 80.4 Å². The lowest BCUT2D eigenvalue weighted by Gasteiger charge is -2.18. The highest BCUT2D eigenvalue weighted by Crippen LogP contribution is 2.30. The van der Waals surface area contributed by atoms with E-state index in [4.69, 9.17) is 0 Å².